The molecule has 1 saturated carbocycles. The van der Waals surface area contributed by atoms with E-state index < -0.39 is 17.1 Å². The average Bonchev–Trinajstić information content (AvgIpc) is 2.75. The first-order chi connectivity index (χ1) is 8.99. The Morgan fingerprint density at radius 1 is 1.47 bits per heavy atom. The number of benzene rings is 1. The first-order valence-electron chi connectivity index (χ1n) is 6.30. The number of ether oxygens (including phenoxy) is 1. The number of nitrogens with zero attached hydrogens (tertiary/aromatic N) is 1. The summed E-state index contributed by atoms with van der Waals surface area (Å²) in [6.45, 7) is 1.52. The summed E-state index contributed by atoms with van der Waals surface area (Å²) in [4.78, 5) is 10.2. The van der Waals surface area contributed by atoms with Crippen molar-refractivity contribution in [3.05, 3.63) is 33.9 Å². The van der Waals surface area contributed by atoms with Gasteiger partial charge in [-0.3, -0.25) is 10.1 Å². The second kappa shape index (κ2) is 5.54. The molecule has 0 saturated heterocycles. The molecule has 104 valence electrons. The van der Waals surface area contributed by atoms with Crippen LogP contribution in [0.2, 0.25) is 0 Å². The summed E-state index contributed by atoms with van der Waals surface area (Å²) < 4.78 is 5.68. The first-order valence-corrected chi connectivity index (χ1v) is 6.30. The molecule has 0 spiro atoms. The van der Waals surface area contributed by atoms with Crippen LogP contribution in [0.3, 0.4) is 0 Å². The Hall–Kier alpha value is -1.66. The third-order valence-electron chi connectivity index (χ3n) is 3.35. The Bertz CT molecular complexity index is 474. The van der Waals surface area contributed by atoms with E-state index in [1.807, 2.05) is 0 Å². The van der Waals surface area contributed by atoms with Gasteiger partial charge in [-0.15, -0.1) is 0 Å². The van der Waals surface area contributed by atoms with E-state index in [0.29, 0.717) is 17.7 Å². The molecule has 6 nitrogen and oxygen atoms in total. The van der Waals surface area contributed by atoms with Crippen LogP contribution >= 0.6 is 0 Å². The number of nitro benzene ring substituents is 1. The lowest BCUT2D eigenvalue weighted by Gasteiger charge is -2.20. The smallest absolute Gasteiger partial charge is 0.270 e. The van der Waals surface area contributed by atoms with Crippen molar-refractivity contribution in [2.75, 3.05) is 0 Å². The Kier molecular flexibility index (Phi) is 4.01. The fraction of sp³-hybridized carbons (Fsp3) is 0.538. The molecule has 0 aliphatic heterocycles. The minimum absolute atomic E-state index is 0.0878. The molecule has 2 N–H and O–H groups in total. The molecule has 2 unspecified atom stereocenters. The van der Waals surface area contributed by atoms with Crippen molar-refractivity contribution in [2.45, 2.75) is 44.5 Å². The number of aliphatic hydroxyl groups excluding tert-OH is 2. The zero-order valence-corrected chi connectivity index (χ0v) is 10.7. The third-order valence-corrected chi connectivity index (χ3v) is 3.35. The van der Waals surface area contributed by atoms with Gasteiger partial charge in [0.2, 0.25) is 0 Å². The second-order valence-corrected chi connectivity index (χ2v) is 4.81. The third kappa shape index (κ3) is 3.02. The van der Waals surface area contributed by atoms with E-state index in [0.717, 1.165) is 12.8 Å². The molecule has 1 aromatic rings. The fourth-order valence-electron chi connectivity index (χ4n) is 2.29. The monoisotopic (exact) mass is 267 g/mol. The lowest BCUT2D eigenvalue weighted by Crippen LogP contribution is -2.26. The summed E-state index contributed by atoms with van der Waals surface area (Å²) >= 11 is 0. The molecular formula is C13H17NO5. The van der Waals surface area contributed by atoms with Crippen LogP contribution in [0.15, 0.2) is 18.2 Å². The number of hydrogen-bond acceptors (Lipinski definition) is 5. The standard InChI is InChI=1S/C13H17NO5/c1-8(15)10-7-9(14(17)18)5-6-12(10)19-13-4-2-3-11(13)16/h5-8,11,13,15-16H,2-4H2,1H3/t8-,11?,13?/m1/s1. The molecule has 19 heavy (non-hydrogen) atoms. The van der Waals surface area contributed by atoms with Gasteiger partial charge >= 0.3 is 0 Å². The highest BCUT2D eigenvalue weighted by atomic mass is 16.6. The van der Waals surface area contributed by atoms with E-state index >= 15 is 0 Å². The predicted molar refractivity (Wildman–Crippen MR) is 68.0 cm³/mol. The Balaban J connectivity index is 2.26. The SMILES string of the molecule is C[C@@H](O)c1cc([N+](=O)[O-])ccc1OC1CCCC1O. The van der Waals surface area contributed by atoms with Gasteiger partial charge in [-0.05, 0) is 32.3 Å². The van der Waals surface area contributed by atoms with Crippen molar-refractivity contribution < 1.29 is 19.9 Å². The van der Waals surface area contributed by atoms with Gasteiger partial charge in [-0.1, -0.05) is 0 Å². The minimum atomic E-state index is -0.867. The molecule has 0 bridgehead atoms. The maximum absolute atomic E-state index is 10.7. The van der Waals surface area contributed by atoms with E-state index in [1.165, 1.54) is 25.1 Å². The van der Waals surface area contributed by atoms with Gasteiger partial charge in [0.25, 0.3) is 5.69 Å². The Morgan fingerprint density at radius 3 is 2.74 bits per heavy atom. The van der Waals surface area contributed by atoms with E-state index in [2.05, 4.69) is 0 Å². The molecule has 1 fully saturated rings. The molecule has 6 heteroatoms. The van der Waals surface area contributed by atoms with Crippen molar-refractivity contribution in [2.24, 2.45) is 0 Å². The minimum Gasteiger partial charge on any atom is -0.487 e. The predicted octanol–water partition coefficient (Wildman–Crippen LogP) is 1.94. The van der Waals surface area contributed by atoms with Gasteiger partial charge in [-0.2, -0.15) is 0 Å². The number of nitro groups is 1. The van der Waals surface area contributed by atoms with Crippen LogP contribution in [0, 0.1) is 10.1 Å². The van der Waals surface area contributed by atoms with Crippen LogP contribution in [0.4, 0.5) is 5.69 Å². The van der Waals surface area contributed by atoms with Crippen molar-refractivity contribution in [1.29, 1.82) is 0 Å². The highest BCUT2D eigenvalue weighted by Gasteiger charge is 2.28. The highest BCUT2D eigenvalue weighted by molar-refractivity contribution is 5.45. The lowest BCUT2D eigenvalue weighted by atomic mass is 10.1. The number of hydrogen-bond donors (Lipinski definition) is 2. The molecule has 0 aromatic heterocycles. The van der Waals surface area contributed by atoms with Crippen molar-refractivity contribution >= 4 is 5.69 Å². The van der Waals surface area contributed by atoms with Gasteiger partial charge in [0, 0.05) is 17.7 Å². The second-order valence-electron chi connectivity index (χ2n) is 4.81. The van der Waals surface area contributed by atoms with Crippen LogP contribution in [0.5, 0.6) is 5.75 Å². The summed E-state index contributed by atoms with van der Waals surface area (Å²) in [5, 5.41) is 30.1. The quantitative estimate of drug-likeness (QED) is 0.642. The Labute approximate surface area is 110 Å². The topological polar surface area (TPSA) is 92.8 Å². The molecular weight excluding hydrogens is 250 g/mol. The fourth-order valence-corrected chi connectivity index (χ4v) is 2.29. The van der Waals surface area contributed by atoms with Crippen molar-refractivity contribution in [3.63, 3.8) is 0 Å². The molecule has 0 amide bonds. The maximum atomic E-state index is 10.7. The van der Waals surface area contributed by atoms with E-state index in [-0.39, 0.29) is 11.8 Å². The summed E-state index contributed by atoms with van der Waals surface area (Å²) in [5.74, 6) is 0.395. The van der Waals surface area contributed by atoms with E-state index in [9.17, 15) is 20.3 Å². The van der Waals surface area contributed by atoms with Crippen molar-refractivity contribution in [3.8, 4) is 5.75 Å². The highest BCUT2D eigenvalue weighted by Crippen LogP contribution is 2.32. The molecule has 0 heterocycles. The summed E-state index contributed by atoms with van der Waals surface area (Å²) in [7, 11) is 0. The van der Waals surface area contributed by atoms with E-state index in [4.69, 9.17) is 4.74 Å². The van der Waals surface area contributed by atoms with Crippen LogP contribution in [-0.2, 0) is 0 Å². The molecule has 2 rings (SSSR count). The first kappa shape index (κ1) is 13.8. The van der Waals surface area contributed by atoms with Gasteiger partial charge in [0.1, 0.15) is 11.9 Å². The van der Waals surface area contributed by atoms with Crippen LogP contribution in [0.25, 0.3) is 0 Å². The van der Waals surface area contributed by atoms with Crippen LogP contribution < -0.4 is 4.74 Å². The van der Waals surface area contributed by atoms with Crippen molar-refractivity contribution in [1.82, 2.24) is 0 Å². The molecule has 1 aliphatic carbocycles. The maximum Gasteiger partial charge on any atom is 0.270 e. The van der Waals surface area contributed by atoms with Gasteiger partial charge in [-0.25, -0.2) is 0 Å². The number of non-ortho nitro benzene ring substituents is 1. The normalized spacial score (nSPS) is 24.2. The molecule has 3 atom stereocenters. The Morgan fingerprint density at radius 2 is 2.21 bits per heavy atom. The molecule has 1 aromatic carbocycles. The summed E-state index contributed by atoms with van der Waals surface area (Å²) in [6, 6.07) is 4.12. The largest absolute Gasteiger partial charge is 0.487 e. The number of aliphatic hydroxyl groups is 2. The average molecular weight is 267 g/mol. The van der Waals surface area contributed by atoms with Crippen LogP contribution in [0.1, 0.15) is 37.9 Å². The summed E-state index contributed by atoms with van der Waals surface area (Å²) in [6.07, 6.45) is 0.645. The zero-order valence-electron chi connectivity index (χ0n) is 10.7. The van der Waals surface area contributed by atoms with Gasteiger partial charge < -0.3 is 14.9 Å². The zero-order chi connectivity index (χ0) is 14.0. The lowest BCUT2D eigenvalue weighted by molar-refractivity contribution is -0.385. The van der Waals surface area contributed by atoms with Gasteiger partial charge in [0.05, 0.1) is 17.1 Å². The molecule has 0 radical (unpaired) electrons. The number of rotatable bonds is 4. The molecule has 1 aliphatic rings. The summed E-state index contributed by atoms with van der Waals surface area (Å²) in [5.41, 5.74) is 0.281. The van der Waals surface area contributed by atoms with Crippen LogP contribution in [-0.4, -0.2) is 27.3 Å². The van der Waals surface area contributed by atoms with Gasteiger partial charge in [0.15, 0.2) is 0 Å². The van der Waals surface area contributed by atoms with E-state index in [1.54, 1.807) is 0 Å².